The first kappa shape index (κ1) is 21.2. The molecule has 0 aliphatic carbocycles. The van der Waals surface area contributed by atoms with E-state index in [0.29, 0.717) is 6.54 Å². The number of nitrogens with one attached hydrogen (secondary N) is 1. The third kappa shape index (κ3) is 3.97. The maximum atomic E-state index is 12.1. The number of pyridine rings is 1. The average Bonchev–Trinajstić information content (AvgIpc) is 3.21. The van der Waals surface area contributed by atoms with Crippen molar-refractivity contribution in [3.05, 3.63) is 42.6 Å². The highest BCUT2D eigenvalue weighted by Crippen LogP contribution is 2.33. The minimum Gasteiger partial charge on any atom is -0.378 e. The lowest BCUT2D eigenvalue weighted by molar-refractivity contribution is -0.109. The first-order valence-corrected chi connectivity index (χ1v) is 10.9. The van der Waals surface area contributed by atoms with E-state index in [0.717, 1.165) is 58.6 Å². The van der Waals surface area contributed by atoms with Crippen molar-refractivity contribution in [2.24, 2.45) is 0 Å². The summed E-state index contributed by atoms with van der Waals surface area (Å²) in [4.78, 5) is 26.9. The number of anilines is 3. The highest BCUT2D eigenvalue weighted by atomic mass is 16.1. The number of benzene rings is 1. The summed E-state index contributed by atoms with van der Waals surface area (Å²) in [6.07, 6.45) is 2.90. The van der Waals surface area contributed by atoms with Gasteiger partial charge in [0.05, 0.1) is 20.6 Å². The Labute approximate surface area is 184 Å². The van der Waals surface area contributed by atoms with Crippen molar-refractivity contribution >= 4 is 40.2 Å². The number of carbonyl (C=O) groups is 1. The summed E-state index contributed by atoms with van der Waals surface area (Å²) in [5.74, 6) is 1.97. The molecule has 1 fully saturated rings. The molecule has 1 saturated heterocycles. The smallest absolute Gasteiger partial charge is 0.191 e. The largest absolute Gasteiger partial charge is 0.378 e. The zero-order valence-electron chi connectivity index (χ0n) is 19.2. The second kappa shape index (κ2) is 8.23. The van der Waals surface area contributed by atoms with Gasteiger partial charge in [-0.3, -0.25) is 4.48 Å². The fourth-order valence-corrected chi connectivity index (χ4v) is 4.23. The fourth-order valence-electron chi connectivity index (χ4n) is 4.23. The molecule has 0 bridgehead atoms. The van der Waals surface area contributed by atoms with Gasteiger partial charge in [0.1, 0.15) is 18.1 Å². The Morgan fingerprint density at radius 3 is 2.74 bits per heavy atom. The van der Waals surface area contributed by atoms with Crippen LogP contribution >= 0.6 is 0 Å². The maximum Gasteiger partial charge on any atom is 0.191 e. The van der Waals surface area contributed by atoms with E-state index in [9.17, 15) is 4.79 Å². The van der Waals surface area contributed by atoms with E-state index >= 15 is 0 Å². The Balaban J connectivity index is 1.61. The van der Waals surface area contributed by atoms with Gasteiger partial charge in [0, 0.05) is 62.6 Å². The van der Waals surface area contributed by atoms with Gasteiger partial charge in [0.2, 0.25) is 0 Å². The summed E-state index contributed by atoms with van der Waals surface area (Å²) < 4.78 is 0.755. The highest BCUT2D eigenvalue weighted by molar-refractivity contribution is 5.88. The molecule has 4 rings (SSSR count). The Morgan fingerprint density at radius 2 is 2.03 bits per heavy atom. The van der Waals surface area contributed by atoms with Crippen molar-refractivity contribution in [2.45, 2.75) is 13.0 Å². The van der Waals surface area contributed by atoms with E-state index in [2.05, 4.69) is 71.0 Å². The minimum atomic E-state index is -0.234. The molecule has 1 aliphatic rings. The Morgan fingerprint density at radius 1 is 1.23 bits per heavy atom. The number of aromatic nitrogens is 2. The van der Waals surface area contributed by atoms with Crippen LogP contribution in [0.2, 0.25) is 0 Å². The summed E-state index contributed by atoms with van der Waals surface area (Å²) in [5, 5.41) is 1.15. The molecule has 0 saturated carbocycles. The van der Waals surface area contributed by atoms with Crippen LogP contribution in [0.5, 0.6) is 0 Å². The fraction of sp³-hybridized carbons (Fsp3) is 0.417. The number of aromatic amines is 1. The van der Waals surface area contributed by atoms with Crippen molar-refractivity contribution in [3.8, 4) is 0 Å². The van der Waals surface area contributed by atoms with Crippen LogP contribution in [0.3, 0.4) is 0 Å². The van der Waals surface area contributed by atoms with Crippen molar-refractivity contribution in [1.82, 2.24) is 14.5 Å². The van der Waals surface area contributed by atoms with Gasteiger partial charge in [-0.2, -0.15) is 0 Å². The number of quaternary nitrogens is 1. The quantitative estimate of drug-likeness (QED) is 0.490. The van der Waals surface area contributed by atoms with E-state index in [4.69, 9.17) is 4.98 Å². The van der Waals surface area contributed by atoms with Crippen molar-refractivity contribution in [1.29, 1.82) is 0 Å². The molecule has 2 aromatic heterocycles. The molecule has 164 valence electrons. The Kier molecular flexibility index (Phi) is 5.62. The van der Waals surface area contributed by atoms with Crippen LogP contribution in [-0.4, -0.2) is 76.7 Å². The molecule has 0 radical (unpaired) electrons. The van der Waals surface area contributed by atoms with E-state index in [1.54, 1.807) is 0 Å². The number of fused-ring (bicyclic) bond motifs is 1. The molecule has 3 aromatic rings. The van der Waals surface area contributed by atoms with Gasteiger partial charge in [-0.05, 0) is 31.2 Å². The number of hydrogen-bond acceptors (Lipinski definition) is 5. The SMILES string of the molecule is CC[N+](C)(C)c1cccnc1N1CCN(c2cc3ccc(N(C)C)cc3[nH]2)C(C=O)C1. The molecule has 0 spiro atoms. The third-order valence-electron chi connectivity index (χ3n) is 6.50. The Bertz CT molecular complexity index is 1070. The van der Waals surface area contributed by atoms with Gasteiger partial charge < -0.3 is 24.5 Å². The van der Waals surface area contributed by atoms with Crippen LogP contribution in [0, 0.1) is 0 Å². The molecule has 0 amide bonds. The molecular formula is C24H33N6O+. The van der Waals surface area contributed by atoms with Crippen LogP contribution in [0.15, 0.2) is 42.6 Å². The van der Waals surface area contributed by atoms with Crippen LogP contribution in [0.25, 0.3) is 10.9 Å². The normalized spacial score (nSPS) is 17.3. The van der Waals surface area contributed by atoms with Crippen molar-refractivity contribution < 1.29 is 4.79 Å². The number of H-pyrrole nitrogens is 1. The van der Waals surface area contributed by atoms with Crippen molar-refractivity contribution in [2.75, 3.05) is 69.1 Å². The topological polar surface area (TPSA) is 55.5 Å². The predicted octanol–water partition coefficient (Wildman–Crippen LogP) is 3.11. The number of piperazine rings is 1. The first-order valence-electron chi connectivity index (χ1n) is 10.9. The number of nitrogens with zero attached hydrogens (tertiary/aromatic N) is 5. The van der Waals surface area contributed by atoms with Gasteiger partial charge in [-0.25, -0.2) is 4.98 Å². The highest BCUT2D eigenvalue weighted by Gasteiger charge is 2.32. The lowest BCUT2D eigenvalue weighted by Gasteiger charge is -2.41. The third-order valence-corrected chi connectivity index (χ3v) is 6.50. The number of aldehydes is 1. The number of rotatable bonds is 6. The predicted molar refractivity (Wildman–Crippen MR) is 130 cm³/mol. The molecule has 7 heteroatoms. The molecular weight excluding hydrogens is 388 g/mol. The monoisotopic (exact) mass is 421 g/mol. The number of hydrogen-bond donors (Lipinski definition) is 1. The lowest BCUT2D eigenvalue weighted by atomic mass is 10.1. The van der Waals surface area contributed by atoms with E-state index < -0.39 is 0 Å². The van der Waals surface area contributed by atoms with Gasteiger partial charge >= 0.3 is 0 Å². The summed E-state index contributed by atoms with van der Waals surface area (Å²) >= 11 is 0. The standard InChI is InChI=1S/C24H33N6O/c1-6-30(4,5)22-8-7-11-25-24(22)28-12-13-29(20(16-28)17-31)23-14-18-9-10-19(27(2)3)15-21(18)26-23/h7-11,14-15,17,20,26H,6,12-13,16H2,1-5H3/q+1. The van der Waals surface area contributed by atoms with E-state index in [1.807, 2.05) is 26.4 Å². The Hall–Kier alpha value is -3.06. The second-order valence-electron chi connectivity index (χ2n) is 9.01. The molecule has 31 heavy (non-hydrogen) atoms. The van der Waals surface area contributed by atoms with Crippen LogP contribution in [-0.2, 0) is 4.79 Å². The molecule has 1 atom stereocenters. The molecule has 1 aromatic carbocycles. The summed E-state index contributed by atoms with van der Waals surface area (Å²) in [7, 11) is 8.47. The van der Waals surface area contributed by atoms with Gasteiger partial charge in [0.25, 0.3) is 0 Å². The van der Waals surface area contributed by atoms with Crippen LogP contribution in [0.4, 0.5) is 23.0 Å². The van der Waals surface area contributed by atoms with Crippen LogP contribution < -0.4 is 19.2 Å². The zero-order chi connectivity index (χ0) is 22.2. The molecule has 3 heterocycles. The number of carbonyl (C=O) groups excluding carboxylic acids is 1. The summed E-state index contributed by atoms with van der Waals surface area (Å²) in [6.45, 7) is 5.35. The molecule has 1 aliphatic heterocycles. The summed E-state index contributed by atoms with van der Waals surface area (Å²) in [5.41, 5.74) is 3.42. The van der Waals surface area contributed by atoms with Gasteiger partial charge in [-0.15, -0.1) is 0 Å². The zero-order valence-corrected chi connectivity index (χ0v) is 19.2. The molecule has 1 N–H and O–H groups in total. The van der Waals surface area contributed by atoms with E-state index in [1.165, 1.54) is 5.69 Å². The second-order valence-corrected chi connectivity index (χ2v) is 9.01. The van der Waals surface area contributed by atoms with E-state index in [-0.39, 0.29) is 6.04 Å². The molecule has 7 nitrogen and oxygen atoms in total. The van der Waals surface area contributed by atoms with Crippen molar-refractivity contribution in [3.63, 3.8) is 0 Å². The van der Waals surface area contributed by atoms with Gasteiger partial charge in [-0.1, -0.05) is 6.07 Å². The summed E-state index contributed by atoms with van der Waals surface area (Å²) in [6, 6.07) is 12.4. The first-order chi connectivity index (χ1) is 14.8. The van der Waals surface area contributed by atoms with Gasteiger partial charge in [0.15, 0.2) is 11.5 Å². The average molecular weight is 422 g/mol. The molecule has 1 unspecified atom stereocenters. The van der Waals surface area contributed by atoms with Crippen LogP contribution in [0.1, 0.15) is 6.92 Å². The minimum absolute atomic E-state index is 0.234. The maximum absolute atomic E-state index is 12.1. The lowest BCUT2D eigenvalue weighted by Crippen LogP contribution is -2.55.